The summed E-state index contributed by atoms with van der Waals surface area (Å²) in [5.74, 6) is -1.05. The highest BCUT2D eigenvalue weighted by atomic mass is 32.1. The fraction of sp³-hybridized carbons (Fsp3) is 0.263. The van der Waals surface area contributed by atoms with E-state index in [4.69, 9.17) is 0 Å². The Morgan fingerprint density at radius 2 is 2.14 bits per heavy atom. The van der Waals surface area contributed by atoms with Crippen LogP contribution >= 0.6 is 11.3 Å². The van der Waals surface area contributed by atoms with Crippen LogP contribution in [0.2, 0.25) is 0 Å². The number of rotatable bonds is 6. The molecular weight excluding hydrogens is 381 g/mol. The summed E-state index contributed by atoms with van der Waals surface area (Å²) in [5.41, 5.74) is 1.49. The second-order valence-corrected chi connectivity index (χ2v) is 7.33. The van der Waals surface area contributed by atoms with Gasteiger partial charge in [-0.1, -0.05) is 0 Å². The minimum absolute atomic E-state index is 0.130. The lowest BCUT2D eigenvalue weighted by molar-refractivity contribution is -0.126. The van der Waals surface area contributed by atoms with Crippen molar-refractivity contribution in [2.75, 3.05) is 18.0 Å². The summed E-state index contributed by atoms with van der Waals surface area (Å²) in [4.78, 5) is 30.7. The van der Waals surface area contributed by atoms with E-state index < -0.39 is 5.92 Å². The van der Waals surface area contributed by atoms with E-state index in [9.17, 15) is 14.0 Å². The van der Waals surface area contributed by atoms with E-state index in [2.05, 4.69) is 15.4 Å². The van der Waals surface area contributed by atoms with Crippen molar-refractivity contribution in [3.8, 4) is 5.13 Å². The largest absolute Gasteiger partial charge is 0.355 e. The third kappa shape index (κ3) is 3.94. The Morgan fingerprint density at radius 3 is 2.89 bits per heavy atom. The van der Waals surface area contributed by atoms with Crippen LogP contribution in [0.5, 0.6) is 0 Å². The van der Waals surface area contributed by atoms with E-state index >= 15 is 0 Å². The van der Waals surface area contributed by atoms with Crippen LogP contribution in [0.4, 0.5) is 10.1 Å². The lowest BCUT2D eigenvalue weighted by atomic mass is 10.1. The number of carbonyl (C=O) groups excluding carboxylic acids is 2. The molecule has 0 aliphatic carbocycles. The maximum absolute atomic E-state index is 13.1. The van der Waals surface area contributed by atoms with Gasteiger partial charge in [-0.2, -0.15) is 5.10 Å². The molecule has 2 amide bonds. The minimum Gasteiger partial charge on any atom is -0.355 e. The Morgan fingerprint density at radius 1 is 1.32 bits per heavy atom. The van der Waals surface area contributed by atoms with Crippen molar-refractivity contribution in [2.24, 2.45) is 5.92 Å². The van der Waals surface area contributed by atoms with Gasteiger partial charge in [0.25, 0.3) is 0 Å². The number of halogens is 1. The first-order valence-corrected chi connectivity index (χ1v) is 9.76. The number of hydrogen-bond donors (Lipinski definition) is 1. The van der Waals surface area contributed by atoms with Crippen LogP contribution in [0.15, 0.2) is 48.1 Å². The zero-order chi connectivity index (χ0) is 19.5. The minimum atomic E-state index is -0.410. The van der Waals surface area contributed by atoms with Crippen molar-refractivity contribution in [1.29, 1.82) is 0 Å². The van der Waals surface area contributed by atoms with Gasteiger partial charge in [0.1, 0.15) is 5.82 Å². The molecule has 1 aliphatic rings. The number of aromatic nitrogens is 3. The van der Waals surface area contributed by atoms with Crippen molar-refractivity contribution in [1.82, 2.24) is 20.1 Å². The van der Waals surface area contributed by atoms with Crippen LogP contribution in [0, 0.1) is 11.7 Å². The van der Waals surface area contributed by atoms with Gasteiger partial charge in [-0.05, 0) is 30.3 Å². The number of benzene rings is 1. The van der Waals surface area contributed by atoms with E-state index in [0.717, 1.165) is 10.8 Å². The summed E-state index contributed by atoms with van der Waals surface area (Å²) in [7, 11) is 0. The molecule has 1 fully saturated rings. The van der Waals surface area contributed by atoms with Gasteiger partial charge in [0.15, 0.2) is 0 Å². The maximum Gasteiger partial charge on any atom is 0.227 e. The lowest BCUT2D eigenvalue weighted by Gasteiger charge is -2.16. The van der Waals surface area contributed by atoms with Gasteiger partial charge in [-0.15, -0.1) is 11.3 Å². The summed E-state index contributed by atoms with van der Waals surface area (Å²) < 4.78 is 14.8. The fourth-order valence-corrected chi connectivity index (χ4v) is 3.91. The first kappa shape index (κ1) is 18.3. The summed E-state index contributed by atoms with van der Waals surface area (Å²) in [6.45, 7) is 0.749. The molecule has 7 nitrogen and oxygen atoms in total. The number of thiazole rings is 1. The molecule has 0 bridgehead atoms. The normalized spacial score (nSPS) is 16.5. The van der Waals surface area contributed by atoms with Crippen molar-refractivity contribution >= 4 is 28.8 Å². The lowest BCUT2D eigenvalue weighted by Crippen LogP contribution is -2.34. The van der Waals surface area contributed by atoms with Gasteiger partial charge in [0.05, 0.1) is 11.6 Å². The van der Waals surface area contributed by atoms with Crippen molar-refractivity contribution in [3.63, 3.8) is 0 Å². The van der Waals surface area contributed by atoms with Crippen LogP contribution in [-0.2, 0) is 16.0 Å². The number of hydrogen-bond acceptors (Lipinski definition) is 5. The quantitative estimate of drug-likeness (QED) is 0.689. The number of nitrogens with one attached hydrogen (secondary N) is 1. The average Bonchev–Trinajstić information content (AvgIpc) is 3.43. The predicted octanol–water partition coefficient (Wildman–Crippen LogP) is 2.18. The molecule has 1 atom stereocenters. The van der Waals surface area contributed by atoms with Crippen LogP contribution in [0.3, 0.4) is 0 Å². The molecular formula is C19H18FN5O2S. The molecule has 0 saturated carbocycles. The van der Waals surface area contributed by atoms with E-state index in [-0.39, 0.29) is 24.1 Å². The fourth-order valence-electron chi connectivity index (χ4n) is 3.11. The monoisotopic (exact) mass is 399 g/mol. The molecule has 3 aromatic rings. The third-order valence-electron chi connectivity index (χ3n) is 4.55. The second kappa shape index (κ2) is 7.89. The van der Waals surface area contributed by atoms with Crippen molar-refractivity contribution in [2.45, 2.75) is 12.8 Å². The molecule has 2 aromatic heterocycles. The Labute approximate surface area is 164 Å². The van der Waals surface area contributed by atoms with E-state index in [1.807, 2.05) is 17.6 Å². The molecule has 1 aromatic carbocycles. The zero-order valence-electron chi connectivity index (χ0n) is 14.9. The van der Waals surface area contributed by atoms with E-state index in [1.165, 1.54) is 28.4 Å². The number of nitrogens with zero attached hydrogens (tertiary/aromatic N) is 4. The molecule has 4 rings (SSSR count). The van der Waals surface area contributed by atoms with Gasteiger partial charge in [0, 0.05) is 49.4 Å². The second-order valence-electron chi connectivity index (χ2n) is 6.49. The highest BCUT2D eigenvalue weighted by Crippen LogP contribution is 2.25. The molecule has 1 saturated heterocycles. The van der Waals surface area contributed by atoms with Crippen molar-refractivity contribution in [3.05, 3.63) is 59.6 Å². The van der Waals surface area contributed by atoms with Crippen LogP contribution in [0.1, 0.15) is 12.1 Å². The Hall–Kier alpha value is -3.07. The molecule has 0 radical (unpaired) electrons. The van der Waals surface area contributed by atoms with Gasteiger partial charge >= 0.3 is 0 Å². The first-order valence-electron chi connectivity index (χ1n) is 8.88. The molecule has 0 spiro atoms. The maximum atomic E-state index is 13.1. The predicted molar refractivity (Wildman–Crippen MR) is 103 cm³/mol. The van der Waals surface area contributed by atoms with Gasteiger partial charge in [-0.25, -0.2) is 14.1 Å². The molecule has 1 N–H and O–H groups in total. The van der Waals surface area contributed by atoms with Crippen LogP contribution < -0.4 is 10.2 Å². The highest BCUT2D eigenvalue weighted by molar-refractivity contribution is 7.12. The Bertz CT molecular complexity index is 971. The standard InChI is InChI=1S/C19H18FN5O2S/c20-14-2-4-16(5-3-14)24-11-13(10-17(24)26)18(27)21-8-6-15-12-28-19(23-15)25-9-1-7-22-25/h1-5,7,9,12-13H,6,8,10-11H2,(H,21,27)/t13-/m1/s1. The molecule has 9 heteroatoms. The number of anilines is 1. The zero-order valence-corrected chi connectivity index (χ0v) is 15.7. The van der Waals surface area contributed by atoms with Gasteiger partial charge in [-0.3, -0.25) is 9.59 Å². The van der Waals surface area contributed by atoms with E-state index in [1.54, 1.807) is 23.0 Å². The van der Waals surface area contributed by atoms with Crippen LogP contribution in [0.25, 0.3) is 5.13 Å². The van der Waals surface area contributed by atoms with E-state index in [0.29, 0.717) is 25.2 Å². The number of amides is 2. The molecule has 0 unspecified atom stereocenters. The SMILES string of the molecule is O=C(NCCc1csc(-n2cccn2)n1)[C@@H]1CC(=O)N(c2ccc(F)cc2)C1. The molecule has 3 heterocycles. The summed E-state index contributed by atoms with van der Waals surface area (Å²) in [6.07, 6.45) is 4.28. The topological polar surface area (TPSA) is 80.1 Å². The average molecular weight is 399 g/mol. The summed E-state index contributed by atoms with van der Waals surface area (Å²) >= 11 is 1.49. The first-order chi connectivity index (χ1) is 13.6. The Balaban J connectivity index is 1.28. The molecule has 144 valence electrons. The Kier molecular flexibility index (Phi) is 5.16. The van der Waals surface area contributed by atoms with Gasteiger partial charge < -0.3 is 10.2 Å². The smallest absolute Gasteiger partial charge is 0.227 e. The molecule has 28 heavy (non-hydrogen) atoms. The third-order valence-corrected chi connectivity index (χ3v) is 5.43. The molecule has 1 aliphatic heterocycles. The number of carbonyl (C=O) groups is 2. The summed E-state index contributed by atoms with van der Waals surface area (Å²) in [6, 6.07) is 7.54. The van der Waals surface area contributed by atoms with Crippen LogP contribution in [-0.4, -0.2) is 39.7 Å². The van der Waals surface area contributed by atoms with Crippen molar-refractivity contribution < 1.29 is 14.0 Å². The summed E-state index contributed by atoms with van der Waals surface area (Å²) in [5, 5.41) is 9.75. The van der Waals surface area contributed by atoms with Gasteiger partial charge in [0.2, 0.25) is 16.9 Å². The highest BCUT2D eigenvalue weighted by Gasteiger charge is 2.34.